The molecule has 0 aromatic heterocycles. The number of halogens is 1. The normalized spacial score (nSPS) is 10.5. The van der Waals surface area contributed by atoms with Gasteiger partial charge in [-0.1, -0.05) is 30.7 Å². The van der Waals surface area contributed by atoms with Gasteiger partial charge < -0.3 is 10.1 Å². The van der Waals surface area contributed by atoms with E-state index in [0.29, 0.717) is 11.6 Å². The molecule has 0 aliphatic rings. The second-order valence-electron chi connectivity index (χ2n) is 5.54. The zero-order valence-corrected chi connectivity index (χ0v) is 16.0. The van der Waals surface area contributed by atoms with E-state index in [9.17, 15) is 4.79 Å². The lowest BCUT2D eigenvalue weighted by molar-refractivity contribution is 0.262. The summed E-state index contributed by atoms with van der Waals surface area (Å²) in [6.07, 6.45) is 1.00. The number of aryl methyl sites for hydroxylation is 3. The molecule has 0 fully saturated rings. The van der Waals surface area contributed by atoms with Gasteiger partial charge in [0, 0.05) is 22.5 Å². The number of thioether (sulfide) groups is 1. The van der Waals surface area contributed by atoms with Crippen LogP contribution in [0.4, 0.5) is 4.79 Å². The first kappa shape index (κ1) is 18.7. The second-order valence-corrected chi connectivity index (χ2v) is 6.96. The van der Waals surface area contributed by atoms with Gasteiger partial charge in [-0.2, -0.15) is 0 Å². The molecule has 0 heterocycles. The highest BCUT2D eigenvalue weighted by Gasteiger charge is 2.13. The molecule has 3 nitrogen and oxygen atoms in total. The van der Waals surface area contributed by atoms with Gasteiger partial charge in [0.2, 0.25) is 0 Å². The Morgan fingerprint density at radius 3 is 2.67 bits per heavy atom. The monoisotopic (exact) mass is 363 g/mol. The zero-order valence-electron chi connectivity index (χ0n) is 14.4. The van der Waals surface area contributed by atoms with Gasteiger partial charge in [0.15, 0.2) is 0 Å². The third kappa shape index (κ3) is 4.46. The predicted octanol–water partition coefficient (Wildman–Crippen LogP) is 5.53. The number of ether oxygens (including phenoxy) is 1. The summed E-state index contributed by atoms with van der Waals surface area (Å²) in [5, 5.41) is 3.08. The molecule has 1 N–H and O–H groups in total. The fourth-order valence-electron chi connectivity index (χ4n) is 2.46. The molecule has 1 amide bonds. The Bertz CT molecular complexity index is 746. The molecule has 0 aliphatic heterocycles. The average Bonchev–Trinajstić information content (AvgIpc) is 2.56. The van der Waals surface area contributed by atoms with Gasteiger partial charge in [-0.25, -0.2) is 0 Å². The van der Waals surface area contributed by atoms with E-state index in [1.165, 1.54) is 11.1 Å². The number of carbonyl (C=O) groups excluding carboxylic acids is 1. The van der Waals surface area contributed by atoms with E-state index in [2.05, 4.69) is 31.3 Å². The molecule has 5 heteroatoms. The van der Waals surface area contributed by atoms with Crippen LogP contribution in [0.2, 0.25) is 5.02 Å². The molecule has 0 saturated heterocycles. The summed E-state index contributed by atoms with van der Waals surface area (Å²) in [6.45, 7) is 6.60. The molecule has 24 heavy (non-hydrogen) atoms. The van der Waals surface area contributed by atoms with Crippen molar-refractivity contribution in [3.8, 4) is 5.75 Å². The van der Waals surface area contributed by atoms with Crippen molar-refractivity contribution < 1.29 is 9.53 Å². The quantitative estimate of drug-likeness (QED) is 0.710. The van der Waals surface area contributed by atoms with Crippen LogP contribution in [-0.2, 0) is 13.0 Å². The van der Waals surface area contributed by atoms with Crippen LogP contribution in [0.5, 0.6) is 5.75 Å². The molecule has 2 aromatic carbocycles. The molecule has 0 saturated carbocycles. The van der Waals surface area contributed by atoms with E-state index in [-0.39, 0.29) is 5.24 Å². The van der Waals surface area contributed by atoms with Gasteiger partial charge in [-0.15, -0.1) is 0 Å². The maximum Gasteiger partial charge on any atom is 0.283 e. The van der Waals surface area contributed by atoms with Crippen LogP contribution in [-0.4, -0.2) is 12.3 Å². The number of rotatable bonds is 5. The molecule has 0 radical (unpaired) electrons. The molecule has 0 unspecified atom stereocenters. The number of benzene rings is 2. The van der Waals surface area contributed by atoms with Crippen LogP contribution in [0.3, 0.4) is 0 Å². The van der Waals surface area contributed by atoms with Crippen LogP contribution in [0.15, 0.2) is 35.2 Å². The topological polar surface area (TPSA) is 38.3 Å². The third-order valence-electron chi connectivity index (χ3n) is 3.87. The number of carbonyl (C=O) groups is 1. The van der Waals surface area contributed by atoms with Crippen LogP contribution >= 0.6 is 23.4 Å². The van der Waals surface area contributed by atoms with Gasteiger partial charge in [-0.05, 0) is 66.9 Å². The van der Waals surface area contributed by atoms with Crippen LogP contribution in [0.25, 0.3) is 0 Å². The molecule has 0 atom stereocenters. The lowest BCUT2D eigenvalue weighted by Crippen LogP contribution is -2.11. The van der Waals surface area contributed by atoms with Crippen molar-refractivity contribution in [2.24, 2.45) is 0 Å². The fraction of sp³-hybridized carbons (Fsp3) is 0.316. The van der Waals surface area contributed by atoms with E-state index in [1.807, 2.05) is 25.1 Å². The fourth-order valence-corrected chi connectivity index (χ4v) is 3.49. The van der Waals surface area contributed by atoms with Gasteiger partial charge >= 0.3 is 0 Å². The van der Waals surface area contributed by atoms with Crippen molar-refractivity contribution in [2.45, 2.75) is 38.7 Å². The maximum absolute atomic E-state index is 11.7. The second kappa shape index (κ2) is 8.45. The third-order valence-corrected chi connectivity index (χ3v) is 5.22. The number of nitrogens with one attached hydrogen (secondary N) is 1. The van der Waals surface area contributed by atoms with E-state index in [0.717, 1.165) is 40.0 Å². The highest BCUT2D eigenvalue weighted by Crippen LogP contribution is 2.31. The molecular weight excluding hydrogens is 342 g/mol. The van der Waals surface area contributed by atoms with E-state index >= 15 is 0 Å². The highest BCUT2D eigenvalue weighted by atomic mass is 35.5. The minimum absolute atomic E-state index is 0.127. The van der Waals surface area contributed by atoms with Crippen molar-refractivity contribution in [1.29, 1.82) is 0 Å². The Morgan fingerprint density at radius 1 is 1.25 bits per heavy atom. The first-order valence-corrected chi connectivity index (χ1v) is 9.05. The van der Waals surface area contributed by atoms with Gasteiger partial charge in [0.1, 0.15) is 12.4 Å². The SMILES string of the molecule is CCc1cc(C)c(OCc2c(Cl)cccc2SC(=O)NC)cc1C. The maximum atomic E-state index is 11.7. The van der Waals surface area contributed by atoms with Gasteiger partial charge in [0.25, 0.3) is 5.24 Å². The Hall–Kier alpha value is -1.65. The number of hydrogen-bond donors (Lipinski definition) is 1. The van der Waals surface area contributed by atoms with Crippen LogP contribution < -0.4 is 10.1 Å². The Labute approximate surface area is 152 Å². The summed E-state index contributed by atoms with van der Waals surface area (Å²) in [5.41, 5.74) is 4.47. The minimum Gasteiger partial charge on any atom is -0.489 e. The first-order chi connectivity index (χ1) is 11.5. The lowest BCUT2D eigenvalue weighted by atomic mass is 10.0. The number of amides is 1. The summed E-state index contributed by atoms with van der Waals surface area (Å²) in [6, 6.07) is 9.76. The first-order valence-electron chi connectivity index (χ1n) is 7.86. The van der Waals surface area contributed by atoms with Crippen LogP contribution in [0, 0.1) is 13.8 Å². The Morgan fingerprint density at radius 2 is 2.00 bits per heavy atom. The van der Waals surface area contributed by atoms with Crippen molar-refractivity contribution in [2.75, 3.05) is 7.05 Å². The molecule has 0 bridgehead atoms. The van der Waals surface area contributed by atoms with Gasteiger partial charge in [0.05, 0.1) is 0 Å². The van der Waals surface area contributed by atoms with E-state index in [4.69, 9.17) is 16.3 Å². The van der Waals surface area contributed by atoms with Crippen LogP contribution in [0.1, 0.15) is 29.2 Å². The largest absolute Gasteiger partial charge is 0.489 e. The van der Waals surface area contributed by atoms with Crippen molar-refractivity contribution >= 4 is 28.6 Å². The van der Waals surface area contributed by atoms with Crippen molar-refractivity contribution in [3.63, 3.8) is 0 Å². The average molecular weight is 364 g/mol. The zero-order chi connectivity index (χ0) is 17.7. The molecule has 2 rings (SSSR count). The van der Waals surface area contributed by atoms with Crippen molar-refractivity contribution in [3.05, 3.63) is 57.6 Å². The molecule has 2 aromatic rings. The summed E-state index contributed by atoms with van der Waals surface area (Å²) < 4.78 is 6.01. The predicted molar refractivity (Wildman–Crippen MR) is 101 cm³/mol. The smallest absolute Gasteiger partial charge is 0.283 e. The number of hydrogen-bond acceptors (Lipinski definition) is 3. The summed E-state index contributed by atoms with van der Waals surface area (Å²) in [4.78, 5) is 12.5. The van der Waals surface area contributed by atoms with E-state index in [1.54, 1.807) is 7.05 Å². The lowest BCUT2D eigenvalue weighted by Gasteiger charge is -2.15. The molecule has 0 aliphatic carbocycles. The molecule has 0 spiro atoms. The summed E-state index contributed by atoms with van der Waals surface area (Å²) in [7, 11) is 1.61. The summed E-state index contributed by atoms with van der Waals surface area (Å²) in [5.74, 6) is 0.848. The highest BCUT2D eigenvalue weighted by molar-refractivity contribution is 8.13. The Balaban J connectivity index is 2.23. The van der Waals surface area contributed by atoms with Gasteiger partial charge in [-0.3, -0.25) is 4.79 Å². The standard InChI is InChI=1S/C19H22ClNO2S/c1-5-14-9-13(3)17(10-12(14)2)23-11-15-16(20)7-6-8-18(15)24-19(22)21-4/h6-10H,5,11H2,1-4H3,(H,21,22). The van der Waals surface area contributed by atoms with E-state index < -0.39 is 0 Å². The van der Waals surface area contributed by atoms with Crippen molar-refractivity contribution in [1.82, 2.24) is 5.32 Å². The summed E-state index contributed by atoms with van der Waals surface area (Å²) >= 11 is 7.43. The molecular formula is C19H22ClNO2S. The Kier molecular flexibility index (Phi) is 6.58. The minimum atomic E-state index is -0.127. The molecule has 128 valence electrons.